The van der Waals surface area contributed by atoms with Gasteiger partial charge in [-0.05, 0) is 43.1 Å². The van der Waals surface area contributed by atoms with E-state index in [2.05, 4.69) is 9.97 Å². The number of pyridine rings is 1. The fourth-order valence-corrected chi connectivity index (χ4v) is 3.09. The summed E-state index contributed by atoms with van der Waals surface area (Å²) in [6.07, 6.45) is -1.97. The van der Waals surface area contributed by atoms with Gasteiger partial charge in [-0.3, -0.25) is 9.96 Å². The highest BCUT2D eigenvalue weighted by molar-refractivity contribution is 7.90. The molecule has 4 rings (SSSR count). The molecule has 0 bridgehead atoms. The number of rotatable bonds is 5. The molecule has 6 nitrogen and oxygen atoms in total. The van der Waals surface area contributed by atoms with Crippen LogP contribution in [0.5, 0.6) is 5.75 Å². The predicted octanol–water partition coefficient (Wildman–Crippen LogP) is 3.37. The van der Waals surface area contributed by atoms with E-state index in [0.717, 1.165) is 7.11 Å². The van der Waals surface area contributed by atoms with Crippen molar-refractivity contribution in [2.24, 2.45) is 0 Å². The third-order valence-corrected chi connectivity index (χ3v) is 4.47. The maximum atomic E-state index is 13.3. The van der Waals surface area contributed by atoms with Crippen LogP contribution in [0.4, 0.5) is 0 Å². The summed E-state index contributed by atoms with van der Waals surface area (Å²) in [6.45, 7) is -2.87. The first-order chi connectivity index (χ1) is 18.0. The number of fused-ring (bicyclic) bond motifs is 1. The molecule has 0 aliphatic carbocycles. The Kier molecular flexibility index (Phi) is 1.97. The molecule has 3 heterocycles. The molecular weight excluding hydrogens is 348 g/mol. The Balaban J connectivity index is 1.91. The van der Waals surface area contributed by atoms with Gasteiger partial charge in [-0.2, -0.15) is 4.98 Å². The Morgan fingerprint density at radius 1 is 1.38 bits per heavy atom. The van der Waals surface area contributed by atoms with Gasteiger partial charge in [-0.25, -0.2) is 0 Å². The van der Waals surface area contributed by atoms with E-state index in [4.69, 9.17) is 22.6 Å². The summed E-state index contributed by atoms with van der Waals surface area (Å²) < 4.78 is 124. The first-order valence-electron chi connectivity index (χ1n) is 13.6. The molecule has 0 spiro atoms. The first kappa shape index (κ1) is 7.46. The molecule has 132 valence electrons. The van der Waals surface area contributed by atoms with Gasteiger partial charge in [-0.15, -0.1) is 0 Å². The first-order valence-corrected chi connectivity index (χ1v) is 8.46. The van der Waals surface area contributed by atoms with E-state index < -0.39 is 106 Å². The molecule has 0 radical (unpaired) electrons. The summed E-state index contributed by atoms with van der Waals surface area (Å²) in [5, 5.41) is -0.547. The van der Waals surface area contributed by atoms with Gasteiger partial charge in [0.25, 0.3) is 0 Å². The summed E-state index contributed by atoms with van der Waals surface area (Å²) in [6, 6.07) is -3.82. The molecule has 4 aromatic rings. The molecule has 1 N–H and O–H groups in total. The number of hydrogen-bond donors (Lipinski definition) is 1. The Bertz CT molecular complexity index is 1620. The summed E-state index contributed by atoms with van der Waals surface area (Å²) in [5.41, 5.74) is -2.19. The molecule has 0 fully saturated rings. The lowest BCUT2D eigenvalue weighted by molar-refractivity contribution is 0.410. The third-order valence-electron chi connectivity index (χ3n) is 3.35. The number of hydrogen-bond acceptors (Lipinski definition) is 4. The van der Waals surface area contributed by atoms with Crippen LogP contribution in [0.15, 0.2) is 59.9 Å². The highest BCUT2D eigenvalue weighted by atomic mass is 32.2. The molecule has 26 heavy (non-hydrogen) atoms. The number of benzene rings is 1. The highest BCUT2D eigenvalue weighted by Crippen LogP contribution is 2.24. The number of aromatic amines is 1. The molecule has 3 aromatic heterocycles. The second-order valence-electron chi connectivity index (χ2n) is 4.93. The summed E-state index contributed by atoms with van der Waals surface area (Å²) in [7, 11) is 1.11. The maximum Gasteiger partial charge on any atom is 0.322 e. The van der Waals surface area contributed by atoms with Crippen molar-refractivity contribution in [3.8, 4) is 11.4 Å². The van der Waals surface area contributed by atoms with E-state index in [1.807, 2.05) is 0 Å². The lowest BCUT2D eigenvalue weighted by atomic mass is 10.2. The molecule has 1 aromatic carbocycles. The van der Waals surface area contributed by atoms with Crippen molar-refractivity contribution in [1.29, 1.82) is 0 Å². The van der Waals surface area contributed by atoms with Crippen LogP contribution >= 0.6 is 0 Å². The van der Waals surface area contributed by atoms with Crippen LogP contribution in [0.2, 0.25) is 1.41 Å². The quantitative estimate of drug-likeness (QED) is 0.539. The number of ether oxygens (including phenoxy) is 1. The monoisotopic (exact) mass is 379 g/mol. The van der Waals surface area contributed by atoms with Crippen LogP contribution < -0.4 is 4.74 Å². The van der Waals surface area contributed by atoms with Crippen molar-refractivity contribution in [2.45, 2.75) is 17.8 Å². The minimum Gasteiger partial charge on any atom is -0.609 e. The van der Waals surface area contributed by atoms with Gasteiger partial charge in [0.2, 0.25) is 0 Å². The Hall–Kier alpha value is -2.77. The minimum absolute atomic E-state index is 0.367. The second kappa shape index (κ2) is 6.86. The number of H-pyrrole nitrogens is 1. The van der Waals surface area contributed by atoms with Gasteiger partial charge in [0.15, 0.2) is 7.16 Å². The number of imidazole rings is 1. The molecule has 0 aliphatic heterocycles. The average Bonchev–Trinajstić information content (AvgIpc) is 3.29. The fourth-order valence-electron chi connectivity index (χ4n) is 2.12. The summed E-state index contributed by atoms with van der Waals surface area (Å²) in [5.74, 6) is -1.13. The molecule has 0 aliphatic rings. The SMILES string of the molecule is [2H]c1nc(C[S+]([O-])c2nc3c([2H])c(-n4c([2H])c([2H])c([2H])c4[2H])c([2H])c([2H])c3n2[2H])c(C([2H])([2H])[2H])c(OC)c1[2H]. The van der Waals surface area contributed by atoms with Gasteiger partial charge in [0.1, 0.15) is 5.75 Å². The van der Waals surface area contributed by atoms with Crippen molar-refractivity contribution in [1.82, 2.24) is 19.5 Å². The topological polar surface area (TPSA) is 78.8 Å². The van der Waals surface area contributed by atoms with Gasteiger partial charge in [0, 0.05) is 45.1 Å². The van der Waals surface area contributed by atoms with Gasteiger partial charge in [0.05, 0.1) is 36.2 Å². The van der Waals surface area contributed by atoms with Gasteiger partial charge in [-0.1, -0.05) is 0 Å². The van der Waals surface area contributed by atoms with E-state index >= 15 is 0 Å². The van der Waals surface area contributed by atoms with Crippen LogP contribution in [0, 0.1) is 6.85 Å². The third kappa shape index (κ3) is 3.07. The van der Waals surface area contributed by atoms with Crippen molar-refractivity contribution >= 4 is 22.2 Å². The van der Waals surface area contributed by atoms with Gasteiger partial charge >= 0.3 is 5.16 Å². The smallest absolute Gasteiger partial charge is 0.322 e. The molecule has 0 saturated heterocycles. The lowest BCUT2D eigenvalue weighted by Gasteiger charge is -2.10. The van der Waals surface area contributed by atoms with Crippen molar-refractivity contribution in [3.63, 3.8) is 0 Å². The van der Waals surface area contributed by atoms with Crippen LogP contribution in [-0.2, 0) is 16.9 Å². The van der Waals surface area contributed by atoms with Crippen LogP contribution in [0.25, 0.3) is 16.7 Å². The standard InChI is InChI=1S/C19H18N4O2S/c1-13-17(20-8-7-18(13)25-2)12-26(24)19-21-15-6-5-14(11-16(15)22-19)23-9-3-4-10-23/h3-11H,12H2,1-2H3,(H,21,22)/i1D3,3D,4D,5D,6D,7D,8D,9D,10D,11D/hD. The zero-order valence-electron chi connectivity index (χ0n) is 26.2. The zero-order chi connectivity index (χ0) is 29.3. The number of aromatic nitrogens is 4. The van der Waals surface area contributed by atoms with E-state index in [1.54, 1.807) is 0 Å². The molecule has 1 unspecified atom stereocenters. The second-order valence-corrected chi connectivity index (χ2v) is 6.27. The Morgan fingerprint density at radius 2 is 2.23 bits per heavy atom. The molecule has 1 atom stereocenters. The zero-order valence-corrected chi connectivity index (χ0v) is 14.0. The number of nitrogens with zero attached hydrogens (tertiary/aromatic N) is 3. The fraction of sp³-hybridized carbons (Fsp3) is 0.158. The van der Waals surface area contributed by atoms with Crippen LogP contribution in [0.1, 0.15) is 27.7 Å². The largest absolute Gasteiger partial charge is 0.609 e. The maximum absolute atomic E-state index is 13.3. The molecular formula is C19H18N4O2S. The van der Waals surface area contributed by atoms with Crippen LogP contribution in [0.3, 0.4) is 0 Å². The number of methoxy groups -OCH3 is 1. The number of nitrogens with one attached hydrogen (secondary N) is 1. The van der Waals surface area contributed by atoms with Crippen molar-refractivity contribution < 1.29 is 27.2 Å². The highest BCUT2D eigenvalue weighted by Gasteiger charge is 2.20. The Labute approximate surface area is 172 Å². The lowest BCUT2D eigenvalue weighted by Crippen LogP contribution is -2.10. The van der Waals surface area contributed by atoms with E-state index in [0.29, 0.717) is 9.54 Å². The summed E-state index contributed by atoms with van der Waals surface area (Å²) in [4.78, 5) is 8.27. The van der Waals surface area contributed by atoms with E-state index in [1.165, 1.54) is 0 Å². The minimum atomic E-state index is -2.87. The molecule has 0 saturated carbocycles. The summed E-state index contributed by atoms with van der Waals surface area (Å²) >= 11 is -2.35. The molecule has 7 heteroatoms. The van der Waals surface area contributed by atoms with Crippen LogP contribution in [-0.4, -0.2) is 31.2 Å². The van der Waals surface area contributed by atoms with E-state index in [-0.39, 0.29) is 11.2 Å². The van der Waals surface area contributed by atoms with Gasteiger partial charge < -0.3 is 13.9 Å². The normalized spacial score (nSPS) is 20.0. The predicted molar refractivity (Wildman–Crippen MR) is 101 cm³/mol. The van der Waals surface area contributed by atoms with Crippen molar-refractivity contribution in [3.05, 3.63) is 66.0 Å². The Morgan fingerprint density at radius 3 is 3.00 bits per heavy atom. The van der Waals surface area contributed by atoms with Crippen molar-refractivity contribution in [2.75, 3.05) is 7.11 Å². The average molecular weight is 380 g/mol. The van der Waals surface area contributed by atoms with E-state index in [9.17, 15) is 4.55 Å². The molecule has 0 amide bonds.